The average molecular weight is 497 g/mol. The minimum absolute atomic E-state index is 0.241. The summed E-state index contributed by atoms with van der Waals surface area (Å²) in [4.78, 5) is 0. The van der Waals surface area contributed by atoms with Gasteiger partial charge < -0.3 is 0 Å². The van der Waals surface area contributed by atoms with Crippen molar-refractivity contribution < 1.29 is 0 Å². The number of benzene rings is 4. The Balaban J connectivity index is 1.23. The molecule has 2 atom stereocenters. The minimum atomic E-state index is -0.241. The molecule has 0 bridgehead atoms. The van der Waals surface area contributed by atoms with Crippen LogP contribution in [-0.4, -0.2) is 9.52 Å². The lowest BCUT2D eigenvalue weighted by Crippen LogP contribution is -2.07. The lowest BCUT2D eigenvalue weighted by Gasteiger charge is -2.20. The molecule has 0 saturated carbocycles. The molecule has 0 radical (unpaired) electrons. The molecule has 4 aromatic rings. The Morgan fingerprint density at radius 1 is 0.514 bits per heavy atom. The third-order valence-electron chi connectivity index (χ3n) is 8.68. The number of fused-ring (bicyclic) bond motifs is 2. The summed E-state index contributed by atoms with van der Waals surface area (Å²) in [7, 11) is -0.241. The molecule has 37 heavy (non-hydrogen) atoms. The van der Waals surface area contributed by atoms with Crippen LogP contribution in [0.3, 0.4) is 0 Å². The van der Waals surface area contributed by atoms with Crippen LogP contribution >= 0.6 is 0 Å². The first-order valence-corrected chi connectivity index (χ1v) is 15.8. The summed E-state index contributed by atoms with van der Waals surface area (Å²) in [6.07, 6.45) is 4.96. The second-order valence-corrected chi connectivity index (χ2v) is 12.9. The van der Waals surface area contributed by atoms with Crippen molar-refractivity contribution in [2.75, 3.05) is 0 Å². The zero-order valence-corrected chi connectivity index (χ0v) is 23.9. The molecule has 2 aliphatic rings. The quantitative estimate of drug-likeness (QED) is 0.233. The molecule has 0 fully saturated rings. The Kier molecular flexibility index (Phi) is 6.34. The van der Waals surface area contributed by atoms with Crippen LogP contribution in [0.5, 0.6) is 0 Å². The van der Waals surface area contributed by atoms with Crippen molar-refractivity contribution in [2.24, 2.45) is 0 Å². The molecule has 6 rings (SSSR count). The van der Waals surface area contributed by atoms with Crippen LogP contribution in [0.15, 0.2) is 96.1 Å². The van der Waals surface area contributed by atoms with Gasteiger partial charge in [0.2, 0.25) is 0 Å². The monoisotopic (exact) mass is 496 g/mol. The zero-order chi connectivity index (χ0) is 25.5. The Hall–Kier alpha value is -3.42. The van der Waals surface area contributed by atoms with E-state index in [9.17, 15) is 0 Å². The van der Waals surface area contributed by atoms with E-state index < -0.39 is 0 Å². The molecule has 2 unspecified atom stereocenters. The Bertz CT molecular complexity index is 1410. The Morgan fingerprint density at radius 3 is 1.32 bits per heavy atom. The highest BCUT2D eigenvalue weighted by Gasteiger charge is 2.28. The van der Waals surface area contributed by atoms with Gasteiger partial charge >= 0.3 is 0 Å². The topological polar surface area (TPSA) is 0 Å². The third-order valence-corrected chi connectivity index (χ3v) is 10.7. The maximum Gasteiger partial charge on any atom is 0.0218 e. The van der Waals surface area contributed by atoms with Gasteiger partial charge in [0, 0.05) is 21.4 Å². The van der Waals surface area contributed by atoms with Crippen LogP contribution in [0.4, 0.5) is 0 Å². The lowest BCUT2D eigenvalue weighted by atomic mass is 9.90. The molecule has 0 saturated heterocycles. The van der Waals surface area contributed by atoms with E-state index in [4.69, 9.17) is 0 Å². The van der Waals surface area contributed by atoms with E-state index in [1.807, 2.05) is 0 Å². The van der Waals surface area contributed by atoms with Crippen molar-refractivity contribution in [1.82, 2.24) is 0 Å². The number of allylic oxidation sites excluding steroid dienone is 2. The highest BCUT2D eigenvalue weighted by atomic mass is 28.2. The summed E-state index contributed by atoms with van der Waals surface area (Å²) >= 11 is 0. The normalized spacial score (nSPS) is 18.2. The van der Waals surface area contributed by atoms with Gasteiger partial charge in [0.1, 0.15) is 0 Å². The highest BCUT2D eigenvalue weighted by molar-refractivity contribution is 6.36. The summed E-state index contributed by atoms with van der Waals surface area (Å²) in [6, 6.07) is 34.1. The lowest BCUT2D eigenvalue weighted by molar-refractivity contribution is 0.875. The first kappa shape index (κ1) is 23.9. The van der Waals surface area contributed by atoms with Gasteiger partial charge in [0.05, 0.1) is 0 Å². The minimum Gasteiger partial charge on any atom is -0.0655 e. The van der Waals surface area contributed by atoms with Crippen molar-refractivity contribution in [2.45, 2.75) is 51.6 Å². The smallest absolute Gasteiger partial charge is 0.0218 e. The second kappa shape index (κ2) is 9.80. The number of hydrogen-bond donors (Lipinski definition) is 0. The fraction of sp³-hybridized carbons (Fsp3) is 0.222. The van der Waals surface area contributed by atoms with E-state index in [2.05, 4.69) is 125 Å². The number of hydrogen-bond acceptors (Lipinski definition) is 0. The van der Waals surface area contributed by atoms with Crippen LogP contribution in [0.2, 0.25) is 12.1 Å². The first-order chi connectivity index (χ1) is 18.0. The molecule has 0 aromatic heterocycles. The average Bonchev–Trinajstić information content (AvgIpc) is 3.40. The molecule has 2 aliphatic carbocycles. The van der Waals surface area contributed by atoms with E-state index in [0.717, 1.165) is 0 Å². The molecular formula is C36H36Si. The van der Waals surface area contributed by atoms with Gasteiger partial charge in [-0.05, 0) is 83.3 Å². The molecule has 0 aliphatic heterocycles. The summed E-state index contributed by atoms with van der Waals surface area (Å²) in [6.45, 7) is 9.22. The Labute approximate surface area is 224 Å². The molecule has 1 heteroatoms. The standard InChI is InChI=1S/C36H36Si/c1-23-15-17-29-31(35(23)27-11-7-5-8-12-27)19-25(3)33(29)21-37-22-34-26(4)20-32-30(34)18-16-24(2)36(32)28-13-9-6-10-14-28/h5-20,33-34H,21-22,37H2,1-4H3. The maximum atomic E-state index is 2.48. The molecule has 0 nitrogen and oxygen atoms in total. The van der Waals surface area contributed by atoms with Crippen molar-refractivity contribution in [3.8, 4) is 22.3 Å². The molecule has 184 valence electrons. The molecule has 0 N–H and O–H groups in total. The molecule has 4 aromatic carbocycles. The van der Waals surface area contributed by atoms with Crippen LogP contribution in [0, 0.1) is 13.8 Å². The van der Waals surface area contributed by atoms with E-state index >= 15 is 0 Å². The fourth-order valence-electron chi connectivity index (χ4n) is 6.82. The van der Waals surface area contributed by atoms with Gasteiger partial charge in [-0.3, -0.25) is 0 Å². The predicted octanol–water partition coefficient (Wildman–Crippen LogP) is 9.34. The highest BCUT2D eigenvalue weighted by Crippen LogP contribution is 2.47. The van der Waals surface area contributed by atoms with Crippen LogP contribution in [0.1, 0.15) is 59.1 Å². The Morgan fingerprint density at radius 2 is 0.919 bits per heavy atom. The van der Waals surface area contributed by atoms with Crippen molar-refractivity contribution in [1.29, 1.82) is 0 Å². The van der Waals surface area contributed by atoms with Crippen LogP contribution < -0.4 is 0 Å². The molecule has 0 spiro atoms. The van der Waals surface area contributed by atoms with Crippen molar-refractivity contribution >= 4 is 21.7 Å². The number of aryl methyl sites for hydroxylation is 2. The number of rotatable bonds is 6. The summed E-state index contributed by atoms with van der Waals surface area (Å²) in [5.74, 6) is 1.18. The van der Waals surface area contributed by atoms with Crippen LogP contribution in [-0.2, 0) is 0 Å². The van der Waals surface area contributed by atoms with Crippen LogP contribution in [0.25, 0.3) is 34.4 Å². The van der Waals surface area contributed by atoms with E-state index in [1.54, 1.807) is 22.3 Å². The van der Waals surface area contributed by atoms with Gasteiger partial charge in [-0.25, -0.2) is 0 Å². The summed E-state index contributed by atoms with van der Waals surface area (Å²) < 4.78 is 0. The molecular weight excluding hydrogens is 460 g/mol. The second-order valence-electron chi connectivity index (χ2n) is 11.1. The molecule has 0 amide bonds. The van der Waals surface area contributed by atoms with Gasteiger partial charge in [-0.2, -0.15) is 0 Å². The summed E-state index contributed by atoms with van der Waals surface area (Å²) in [5, 5.41) is 0. The zero-order valence-electron chi connectivity index (χ0n) is 22.5. The van der Waals surface area contributed by atoms with E-state index in [1.165, 1.54) is 56.6 Å². The largest absolute Gasteiger partial charge is 0.0655 e. The van der Waals surface area contributed by atoms with Gasteiger partial charge in [0.25, 0.3) is 0 Å². The SMILES string of the molecule is CC1=Cc2c(ccc(C)c2-c2ccccc2)C1C[SiH2]CC1C(C)=Cc2c1ccc(C)c2-c1ccccc1. The third kappa shape index (κ3) is 4.26. The van der Waals surface area contributed by atoms with Gasteiger partial charge in [-0.1, -0.05) is 120 Å². The molecule has 0 heterocycles. The van der Waals surface area contributed by atoms with Gasteiger partial charge in [-0.15, -0.1) is 0 Å². The van der Waals surface area contributed by atoms with Crippen molar-refractivity contribution in [3.05, 3.63) is 129 Å². The summed E-state index contributed by atoms with van der Waals surface area (Å²) in [5.41, 5.74) is 17.4. The van der Waals surface area contributed by atoms with Crippen molar-refractivity contribution in [3.63, 3.8) is 0 Å². The maximum absolute atomic E-state index is 2.48. The van der Waals surface area contributed by atoms with Gasteiger partial charge in [0.15, 0.2) is 0 Å². The van der Waals surface area contributed by atoms with E-state index in [0.29, 0.717) is 11.8 Å². The predicted molar refractivity (Wildman–Crippen MR) is 164 cm³/mol. The fourth-order valence-corrected chi connectivity index (χ4v) is 9.41. The first-order valence-electron chi connectivity index (χ1n) is 13.8. The van der Waals surface area contributed by atoms with E-state index in [-0.39, 0.29) is 9.52 Å².